The Morgan fingerprint density at radius 3 is 2.80 bits per heavy atom. The van der Waals surface area contributed by atoms with Gasteiger partial charge in [0.1, 0.15) is 0 Å². The molecule has 0 atom stereocenters. The molecule has 0 N–H and O–H groups in total. The summed E-state index contributed by atoms with van der Waals surface area (Å²) in [4.78, 5) is 0. The summed E-state index contributed by atoms with van der Waals surface area (Å²) in [5, 5.41) is 0. The van der Waals surface area contributed by atoms with Crippen LogP contribution in [0.2, 0.25) is 0 Å². The van der Waals surface area contributed by atoms with Gasteiger partial charge in [-0.1, -0.05) is 42.3 Å². The fraction of sp³-hybridized carbons (Fsp3) is 0.143. The van der Waals surface area contributed by atoms with Crippen molar-refractivity contribution in [3.63, 3.8) is 0 Å². The van der Waals surface area contributed by atoms with E-state index in [1.54, 1.807) is 0 Å². The molecule has 0 heterocycles. The zero-order valence-corrected chi connectivity index (χ0v) is 11.1. The van der Waals surface area contributed by atoms with E-state index in [-0.39, 0.29) is 26.2 Å². The first-order valence-corrected chi connectivity index (χ1v) is 4.95. The Morgan fingerprint density at radius 2 is 1.93 bits per heavy atom. The molecule has 3 rings (SSSR count). The van der Waals surface area contributed by atoms with Crippen molar-refractivity contribution in [3.05, 3.63) is 59.2 Å². The maximum absolute atomic E-state index is 3.34. The van der Waals surface area contributed by atoms with Crippen LogP contribution in [-0.2, 0) is 32.6 Å². The maximum Gasteiger partial charge on any atom is 0 e. The molecular formula is C14H11Zr-. The molecule has 0 bridgehead atoms. The molecule has 0 radical (unpaired) electrons. The van der Waals surface area contributed by atoms with Gasteiger partial charge in [0.25, 0.3) is 0 Å². The predicted molar refractivity (Wildman–Crippen MR) is 58.3 cm³/mol. The largest absolute Gasteiger partial charge is 0.179 e. The number of hydrogen-bond acceptors (Lipinski definition) is 0. The number of rotatable bonds is 0. The van der Waals surface area contributed by atoms with Gasteiger partial charge in [0.05, 0.1) is 0 Å². The molecule has 0 saturated carbocycles. The summed E-state index contributed by atoms with van der Waals surface area (Å²) in [5.41, 5.74) is 6.96. The molecule has 0 unspecified atom stereocenters. The van der Waals surface area contributed by atoms with E-state index in [0.717, 1.165) is 6.42 Å². The van der Waals surface area contributed by atoms with E-state index in [0.29, 0.717) is 0 Å². The van der Waals surface area contributed by atoms with E-state index in [2.05, 4.69) is 43.3 Å². The number of benzene rings is 2. The monoisotopic (exact) mass is 269 g/mol. The van der Waals surface area contributed by atoms with Crippen LogP contribution in [0.4, 0.5) is 0 Å². The second-order valence-electron chi connectivity index (χ2n) is 3.85. The van der Waals surface area contributed by atoms with E-state index in [1.807, 2.05) is 6.07 Å². The predicted octanol–water partition coefficient (Wildman–Crippen LogP) is 3.36. The molecule has 72 valence electrons. The summed E-state index contributed by atoms with van der Waals surface area (Å²) >= 11 is 0. The summed E-state index contributed by atoms with van der Waals surface area (Å²) in [6.07, 6.45) is 1.05. The molecule has 0 amide bonds. The molecule has 0 fully saturated rings. The Labute approximate surface area is 109 Å². The van der Waals surface area contributed by atoms with E-state index < -0.39 is 0 Å². The Hall–Kier alpha value is -0.677. The molecule has 2 aromatic carbocycles. The van der Waals surface area contributed by atoms with Crippen molar-refractivity contribution in [1.82, 2.24) is 0 Å². The normalized spacial score (nSPS) is 11.5. The minimum absolute atomic E-state index is 0. The van der Waals surface area contributed by atoms with Crippen LogP contribution in [0, 0.1) is 13.0 Å². The van der Waals surface area contributed by atoms with Crippen molar-refractivity contribution < 1.29 is 26.2 Å². The first-order valence-electron chi connectivity index (χ1n) is 4.95. The second kappa shape index (κ2) is 4.06. The van der Waals surface area contributed by atoms with E-state index in [9.17, 15) is 0 Å². The van der Waals surface area contributed by atoms with Crippen molar-refractivity contribution in [1.29, 1.82) is 0 Å². The summed E-state index contributed by atoms with van der Waals surface area (Å²) in [6, 6.07) is 16.1. The summed E-state index contributed by atoms with van der Waals surface area (Å²) in [5.74, 6) is 0. The maximum atomic E-state index is 3.34. The van der Waals surface area contributed by atoms with Crippen LogP contribution in [0.1, 0.15) is 16.7 Å². The molecule has 0 saturated heterocycles. The minimum Gasteiger partial charge on any atom is -0.179 e. The first kappa shape index (κ1) is 10.8. The van der Waals surface area contributed by atoms with E-state index in [1.165, 1.54) is 27.8 Å². The van der Waals surface area contributed by atoms with Gasteiger partial charge in [-0.25, -0.2) is 0 Å². The van der Waals surface area contributed by atoms with Crippen molar-refractivity contribution in [2.75, 3.05) is 0 Å². The quantitative estimate of drug-likeness (QED) is 0.550. The average Bonchev–Trinajstić information content (AvgIpc) is 2.57. The Balaban J connectivity index is 0.000000853. The topological polar surface area (TPSA) is 0 Å². The van der Waals surface area contributed by atoms with Gasteiger partial charge in [0, 0.05) is 26.2 Å². The zero-order chi connectivity index (χ0) is 9.54. The van der Waals surface area contributed by atoms with Gasteiger partial charge in [-0.05, 0) is 6.42 Å². The molecule has 1 heteroatoms. The molecule has 1 aliphatic rings. The van der Waals surface area contributed by atoms with Gasteiger partial charge in [-0.3, -0.25) is 0 Å². The van der Waals surface area contributed by atoms with Crippen LogP contribution in [0.25, 0.3) is 11.1 Å². The van der Waals surface area contributed by atoms with Crippen molar-refractivity contribution in [3.8, 4) is 11.1 Å². The van der Waals surface area contributed by atoms with Gasteiger partial charge >= 0.3 is 0 Å². The summed E-state index contributed by atoms with van der Waals surface area (Å²) in [7, 11) is 0. The molecule has 1 aliphatic carbocycles. The fourth-order valence-electron chi connectivity index (χ4n) is 2.28. The van der Waals surface area contributed by atoms with E-state index in [4.69, 9.17) is 0 Å². The Kier molecular flexibility index (Phi) is 2.93. The standard InChI is InChI=1S/C14H11.Zr/c1-10-5-4-7-12-9-11-6-2-3-8-13(11)14(10)12;/h2-6,8H,9H2,1H3;/q-1;. The summed E-state index contributed by atoms with van der Waals surface area (Å²) in [6.45, 7) is 2.18. The van der Waals surface area contributed by atoms with Gasteiger partial charge in [-0.2, -0.15) is 23.8 Å². The second-order valence-corrected chi connectivity index (χ2v) is 3.85. The van der Waals surface area contributed by atoms with Crippen molar-refractivity contribution in [2.24, 2.45) is 0 Å². The van der Waals surface area contributed by atoms with E-state index >= 15 is 0 Å². The first-order chi connectivity index (χ1) is 6.86. The van der Waals surface area contributed by atoms with Crippen LogP contribution in [-0.4, -0.2) is 0 Å². The van der Waals surface area contributed by atoms with Gasteiger partial charge in [0.15, 0.2) is 0 Å². The molecule has 0 nitrogen and oxygen atoms in total. The number of hydrogen-bond donors (Lipinski definition) is 0. The van der Waals surface area contributed by atoms with Crippen LogP contribution in [0.3, 0.4) is 0 Å². The van der Waals surface area contributed by atoms with Crippen LogP contribution in [0.5, 0.6) is 0 Å². The molecule has 0 aliphatic heterocycles. The molecule has 2 aromatic rings. The van der Waals surface area contributed by atoms with Crippen molar-refractivity contribution in [2.45, 2.75) is 13.3 Å². The Bertz CT molecular complexity index is 500. The van der Waals surface area contributed by atoms with Crippen LogP contribution >= 0.6 is 0 Å². The smallest absolute Gasteiger partial charge is 0 e. The van der Waals surface area contributed by atoms with Crippen LogP contribution in [0.15, 0.2) is 36.4 Å². The third-order valence-electron chi connectivity index (χ3n) is 2.94. The fourth-order valence-corrected chi connectivity index (χ4v) is 2.28. The SMILES string of the molecule is Cc1cc[c-]c2c1-c1ccccc1C2.[Zr]. The number of fused-ring (bicyclic) bond motifs is 3. The molecule has 15 heavy (non-hydrogen) atoms. The minimum atomic E-state index is 0. The Morgan fingerprint density at radius 1 is 1.13 bits per heavy atom. The van der Waals surface area contributed by atoms with Gasteiger partial charge in [0.2, 0.25) is 0 Å². The summed E-state index contributed by atoms with van der Waals surface area (Å²) < 4.78 is 0. The third kappa shape index (κ3) is 1.63. The third-order valence-corrected chi connectivity index (χ3v) is 2.94. The van der Waals surface area contributed by atoms with Gasteiger partial charge in [-0.15, -0.1) is 11.1 Å². The average molecular weight is 270 g/mol. The molecule has 0 spiro atoms. The van der Waals surface area contributed by atoms with Gasteiger partial charge < -0.3 is 0 Å². The zero-order valence-electron chi connectivity index (χ0n) is 8.67. The molecular weight excluding hydrogens is 259 g/mol. The van der Waals surface area contributed by atoms with Crippen molar-refractivity contribution >= 4 is 0 Å². The number of aryl methyl sites for hydroxylation is 1. The molecule has 0 aromatic heterocycles. The van der Waals surface area contributed by atoms with Crippen LogP contribution < -0.4 is 0 Å².